The van der Waals surface area contributed by atoms with Crippen molar-refractivity contribution < 1.29 is 4.79 Å². The highest BCUT2D eigenvalue weighted by Crippen LogP contribution is 2.13. The minimum absolute atomic E-state index is 0.0988. The summed E-state index contributed by atoms with van der Waals surface area (Å²) < 4.78 is 0. The second-order valence-electron chi connectivity index (χ2n) is 4.88. The van der Waals surface area contributed by atoms with E-state index in [0.717, 1.165) is 12.2 Å². The van der Waals surface area contributed by atoms with E-state index in [1.807, 2.05) is 6.20 Å². The number of hydrogen-bond acceptors (Lipinski definition) is 4. The maximum absolute atomic E-state index is 11.2. The van der Waals surface area contributed by atoms with Gasteiger partial charge in [0, 0.05) is 24.9 Å². The maximum Gasteiger partial charge on any atom is 0.146 e. The zero-order valence-electron chi connectivity index (χ0n) is 10.8. The summed E-state index contributed by atoms with van der Waals surface area (Å²) in [4.78, 5) is 18.0. The first-order chi connectivity index (χ1) is 8.78. The van der Waals surface area contributed by atoms with E-state index in [2.05, 4.69) is 22.0 Å². The van der Waals surface area contributed by atoms with Gasteiger partial charge in [-0.15, -0.1) is 0 Å². The standard InChI is InChI=1S/C14H21N3O/c15-10-14(18)4-3-13-9-12(5-6-16-13)11-17-7-1-2-8-17/h5-6,9H,1-4,7-8,10-11,15H2. The molecule has 0 bridgehead atoms. The number of carbonyl (C=O) groups excluding carboxylic acids is 1. The number of ketones is 1. The van der Waals surface area contributed by atoms with Crippen molar-refractivity contribution in [3.8, 4) is 0 Å². The molecule has 0 atom stereocenters. The molecule has 2 rings (SSSR count). The predicted octanol–water partition coefficient (Wildman–Crippen LogP) is 1.14. The van der Waals surface area contributed by atoms with Gasteiger partial charge in [-0.25, -0.2) is 0 Å². The third kappa shape index (κ3) is 3.89. The van der Waals surface area contributed by atoms with E-state index >= 15 is 0 Å². The molecule has 1 fully saturated rings. The number of rotatable bonds is 6. The molecule has 1 aliphatic rings. The third-order valence-electron chi connectivity index (χ3n) is 3.37. The van der Waals surface area contributed by atoms with Crippen molar-refractivity contribution >= 4 is 5.78 Å². The summed E-state index contributed by atoms with van der Waals surface area (Å²) in [7, 11) is 0. The topological polar surface area (TPSA) is 59.2 Å². The number of Topliss-reactive ketones (excluding diaryl/α,β-unsaturated/α-hetero) is 1. The summed E-state index contributed by atoms with van der Waals surface area (Å²) in [5, 5.41) is 0. The van der Waals surface area contributed by atoms with E-state index in [1.165, 1.54) is 31.5 Å². The van der Waals surface area contributed by atoms with Crippen LogP contribution in [-0.2, 0) is 17.8 Å². The predicted molar refractivity (Wildman–Crippen MR) is 71.1 cm³/mol. The molecule has 2 N–H and O–H groups in total. The Balaban J connectivity index is 1.89. The van der Waals surface area contributed by atoms with Crippen molar-refractivity contribution in [1.29, 1.82) is 0 Å². The Labute approximate surface area is 108 Å². The Hall–Kier alpha value is -1.26. The molecule has 2 heterocycles. The van der Waals surface area contributed by atoms with Gasteiger partial charge in [-0.2, -0.15) is 0 Å². The van der Waals surface area contributed by atoms with Crippen LogP contribution in [0.25, 0.3) is 0 Å². The van der Waals surface area contributed by atoms with Gasteiger partial charge in [0.1, 0.15) is 5.78 Å². The summed E-state index contributed by atoms with van der Waals surface area (Å²) >= 11 is 0. The fourth-order valence-electron chi connectivity index (χ4n) is 2.33. The van der Waals surface area contributed by atoms with E-state index in [-0.39, 0.29) is 12.3 Å². The van der Waals surface area contributed by atoms with Crippen LogP contribution in [0.2, 0.25) is 0 Å². The van der Waals surface area contributed by atoms with E-state index in [4.69, 9.17) is 5.73 Å². The number of nitrogens with zero attached hydrogens (tertiary/aromatic N) is 2. The summed E-state index contributed by atoms with van der Waals surface area (Å²) in [6.07, 6.45) is 5.65. The summed E-state index contributed by atoms with van der Waals surface area (Å²) in [5.74, 6) is 0.0988. The minimum atomic E-state index is 0.0988. The van der Waals surface area contributed by atoms with Gasteiger partial charge in [0.05, 0.1) is 6.54 Å². The van der Waals surface area contributed by atoms with Crippen LogP contribution < -0.4 is 5.73 Å². The second kappa shape index (κ2) is 6.61. The quantitative estimate of drug-likeness (QED) is 0.819. The molecule has 0 amide bonds. The van der Waals surface area contributed by atoms with Gasteiger partial charge < -0.3 is 5.73 Å². The van der Waals surface area contributed by atoms with Gasteiger partial charge in [-0.3, -0.25) is 14.7 Å². The molecule has 0 unspecified atom stereocenters. The Morgan fingerprint density at radius 3 is 2.89 bits per heavy atom. The molecular formula is C14H21N3O. The third-order valence-corrected chi connectivity index (χ3v) is 3.37. The van der Waals surface area contributed by atoms with Crippen molar-refractivity contribution in [2.24, 2.45) is 5.73 Å². The molecule has 0 aliphatic carbocycles. The number of pyridine rings is 1. The largest absolute Gasteiger partial charge is 0.324 e. The van der Waals surface area contributed by atoms with Crippen molar-refractivity contribution in [1.82, 2.24) is 9.88 Å². The number of nitrogens with two attached hydrogens (primary N) is 1. The smallest absolute Gasteiger partial charge is 0.146 e. The summed E-state index contributed by atoms with van der Waals surface area (Å²) in [6, 6.07) is 4.18. The van der Waals surface area contributed by atoms with Crippen LogP contribution in [0.3, 0.4) is 0 Å². The normalized spacial score (nSPS) is 16.1. The summed E-state index contributed by atoms with van der Waals surface area (Å²) in [6.45, 7) is 3.53. The van der Waals surface area contributed by atoms with Gasteiger partial charge in [0.2, 0.25) is 0 Å². The first-order valence-corrected chi connectivity index (χ1v) is 6.66. The molecule has 0 radical (unpaired) electrons. The molecule has 1 aliphatic heterocycles. The van der Waals surface area contributed by atoms with E-state index in [1.54, 1.807) is 0 Å². The lowest BCUT2D eigenvalue weighted by molar-refractivity contribution is -0.117. The second-order valence-corrected chi connectivity index (χ2v) is 4.88. The highest BCUT2D eigenvalue weighted by molar-refractivity contribution is 5.80. The molecule has 4 nitrogen and oxygen atoms in total. The lowest BCUT2D eigenvalue weighted by atomic mass is 10.1. The van der Waals surface area contributed by atoms with Crippen LogP contribution in [0.1, 0.15) is 30.5 Å². The highest BCUT2D eigenvalue weighted by Gasteiger charge is 2.12. The fraction of sp³-hybridized carbons (Fsp3) is 0.571. The van der Waals surface area contributed by atoms with Gasteiger partial charge in [-0.05, 0) is 50.0 Å². The maximum atomic E-state index is 11.2. The Morgan fingerprint density at radius 1 is 1.39 bits per heavy atom. The van der Waals surface area contributed by atoms with Gasteiger partial charge in [0.25, 0.3) is 0 Å². The zero-order valence-corrected chi connectivity index (χ0v) is 10.8. The molecular weight excluding hydrogens is 226 g/mol. The van der Waals surface area contributed by atoms with Gasteiger partial charge >= 0.3 is 0 Å². The van der Waals surface area contributed by atoms with Crippen molar-refractivity contribution in [2.45, 2.75) is 32.2 Å². The highest BCUT2D eigenvalue weighted by atomic mass is 16.1. The van der Waals surface area contributed by atoms with Crippen LogP contribution in [0.4, 0.5) is 0 Å². The average Bonchev–Trinajstić information content (AvgIpc) is 2.89. The van der Waals surface area contributed by atoms with Crippen molar-refractivity contribution in [2.75, 3.05) is 19.6 Å². The molecule has 98 valence electrons. The molecule has 0 spiro atoms. The van der Waals surface area contributed by atoms with Crippen molar-refractivity contribution in [3.05, 3.63) is 29.6 Å². The lowest BCUT2D eigenvalue weighted by Crippen LogP contribution is -2.18. The molecule has 1 saturated heterocycles. The van der Waals surface area contributed by atoms with E-state index < -0.39 is 0 Å². The first kappa shape index (κ1) is 13.2. The number of likely N-dealkylation sites (tertiary alicyclic amines) is 1. The zero-order chi connectivity index (χ0) is 12.8. The molecule has 1 aromatic heterocycles. The van der Waals surface area contributed by atoms with Gasteiger partial charge in [0.15, 0.2) is 0 Å². The average molecular weight is 247 g/mol. The van der Waals surface area contributed by atoms with Crippen LogP contribution in [0, 0.1) is 0 Å². The number of carbonyl (C=O) groups is 1. The van der Waals surface area contributed by atoms with E-state index in [9.17, 15) is 4.79 Å². The van der Waals surface area contributed by atoms with Crippen molar-refractivity contribution in [3.63, 3.8) is 0 Å². The van der Waals surface area contributed by atoms with E-state index in [0.29, 0.717) is 12.8 Å². The molecule has 0 aromatic carbocycles. The minimum Gasteiger partial charge on any atom is -0.324 e. The Morgan fingerprint density at radius 2 is 2.17 bits per heavy atom. The number of aryl methyl sites for hydroxylation is 1. The van der Waals surface area contributed by atoms with Crippen LogP contribution in [0.15, 0.2) is 18.3 Å². The van der Waals surface area contributed by atoms with Crippen LogP contribution in [0.5, 0.6) is 0 Å². The molecule has 0 saturated carbocycles. The number of aromatic nitrogens is 1. The molecule has 4 heteroatoms. The van der Waals surface area contributed by atoms with Crippen LogP contribution in [-0.4, -0.2) is 35.3 Å². The van der Waals surface area contributed by atoms with Crippen LogP contribution >= 0.6 is 0 Å². The van der Waals surface area contributed by atoms with Gasteiger partial charge in [-0.1, -0.05) is 0 Å². The fourth-order valence-corrected chi connectivity index (χ4v) is 2.33. The molecule has 1 aromatic rings. The Bertz CT molecular complexity index is 400. The lowest BCUT2D eigenvalue weighted by Gasteiger charge is -2.14. The SMILES string of the molecule is NCC(=O)CCc1cc(CN2CCCC2)ccn1. The monoisotopic (exact) mass is 247 g/mol. The first-order valence-electron chi connectivity index (χ1n) is 6.66. The summed E-state index contributed by atoms with van der Waals surface area (Å²) in [5.41, 5.74) is 7.59. The number of hydrogen-bond donors (Lipinski definition) is 1. The Kier molecular flexibility index (Phi) is 4.84. The molecule has 18 heavy (non-hydrogen) atoms.